The largest absolute Gasteiger partial charge is 0.0845 e. The third kappa shape index (κ3) is 11.5. The Balaban J connectivity index is 2.91. The van der Waals surface area contributed by atoms with Crippen LogP contribution in [-0.4, -0.2) is 0 Å². The van der Waals surface area contributed by atoms with Crippen molar-refractivity contribution in [3.8, 4) is 0 Å². The van der Waals surface area contributed by atoms with Crippen LogP contribution in [0.5, 0.6) is 0 Å². The molecule has 1 radical (unpaired) electrons. The first kappa shape index (κ1) is 12.5. The van der Waals surface area contributed by atoms with Gasteiger partial charge in [-0.3, -0.25) is 0 Å². The quantitative estimate of drug-likeness (QED) is 0.356. The molecule has 0 heterocycles. The number of rotatable bonds is 9. The van der Waals surface area contributed by atoms with Crippen LogP contribution in [0, 0.1) is 6.58 Å². The first-order chi connectivity index (χ1) is 6.41. The van der Waals surface area contributed by atoms with Gasteiger partial charge in [0.25, 0.3) is 0 Å². The molecule has 0 aliphatic carbocycles. The molecule has 0 N–H and O–H groups in total. The Bertz CT molecular complexity index is 122. The summed E-state index contributed by atoms with van der Waals surface area (Å²) < 4.78 is 0. The highest BCUT2D eigenvalue weighted by Gasteiger charge is 1.88. The van der Waals surface area contributed by atoms with Crippen molar-refractivity contribution < 1.29 is 0 Å². The average Bonchev–Trinajstić information content (AvgIpc) is 2.16. The average molecular weight is 179 g/mol. The molecule has 0 aromatic heterocycles. The second-order valence-electron chi connectivity index (χ2n) is 3.53. The molecule has 0 atom stereocenters. The summed E-state index contributed by atoms with van der Waals surface area (Å²) in [6, 6.07) is 0. The van der Waals surface area contributed by atoms with Crippen molar-refractivity contribution in [3.63, 3.8) is 0 Å². The van der Waals surface area contributed by atoms with Gasteiger partial charge in [0.05, 0.1) is 0 Å². The van der Waals surface area contributed by atoms with Crippen LogP contribution < -0.4 is 0 Å². The van der Waals surface area contributed by atoms with Crippen LogP contribution in [0.25, 0.3) is 0 Å². The van der Waals surface area contributed by atoms with E-state index >= 15 is 0 Å². The van der Waals surface area contributed by atoms with E-state index in [1.165, 1.54) is 51.4 Å². The fourth-order valence-corrected chi connectivity index (χ4v) is 1.39. The van der Waals surface area contributed by atoms with Gasteiger partial charge in [-0.15, -0.1) is 0 Å². The molecule has 0 spiro atoms. The van der Waals surface area contributed by atoms with Crippen molar-refractivity contribution in [1.29, 1.82) is 0 Å². The van der Waals surface area contributed by atoms with Crippen LogP contribution in [0.15, 0.2) is 18.2 Å². The number of hydrogen-bond acceptors (Lipinski definition) is 0. The highest BCUT2D eigenvalue weighted by atomic mass is 13.9. The second-order valence-corrected chi connectivity index (χ2v) is 3.53. The maximum absolute atomic E-state index is 5.21. The molecular formula is C13H23. The predicted octanol–water partition coefficient (Wildman–Crippen LogP) is 4.67. The van der Waals surface area contributed by atoms with E-state index in [1.54, 1.807) is 6.08 Å². The minimum atomic E-state index is 1.18. The fourth-order valence-electron chi connectivity index (χ4n) is 1.39. The van der Waals surface area contributed by atoms with Crippen LogP contribution in [0.3, 0.4) is 0 Å². The molecule has 0 saturated carbocycles. The molecule has 0 fully saturated rings. The Morgan fingerprint density at radius 1 is 0.923 bits per heavy atom. The lowest BCUT2D eigenvalue weighted by Crippen LogP contribution is -1.78. The van der Waals surface area contributed by atoms with Crippen molar-refractivity contribution in [2.75, 3.05) is 0 Å². The third-order valence-corrected chi connectivity index (χ3v) is 2.22. The zero-order valence-corrected chi connectivity index (χ0v) is 8.97. The van der Waals surface area contributed by atoms with Crippen molar-refractivity contribution >= 4 is 0 Å². The van der Waals surface area contributed by atoms with Crippen LogP contribution in [0.1, 0.15) is 58.3 Å². The van der Waals surface area contributed by atoms with Crippen LogP contribution in [-0.2, 0) is 0 Å². The van der Waals surface area contributed by atoms with Gasteiger partial charge in [0, 0.05) is 0 Å². The van der Waals surface area contributed by atoms with E-state index in [4.69, 9.17) is 6.58 Å². The normalized spacial score (nSPS) is 10.8. The molecule has 0 aromatic carbocycles. The van der Waals surface area contributed by atoms with Crippen LogP contribution in [0.2, 0.25) is 0 Å². The topological polar surface area (TPSA) is 0 Å². The molecule has 0 amide bonds. The molecule has 0 aliphatic heterocycles. The summed E-state index contributed by atoms with van der Waals surface area (Å²) in [6.07, 6.45) is 16.5. The van der Waals surface area contributed by atoms with Crippen molar-refractivity contribution in [3.05, 3.63) is 24.8 Å². The maximum Gasteiger partial charge on any atom is -0.0348 e. The SMILES string of the molecule is [CH]=C/C=C/CCCCCCCCC. The number of unbranched alkanes of at least 4 members (excludes halogenated alkanes) is 7. The first-order valence-electron chi connectivity index (χ1n) is 5.62. The molecule has 0 bridgehead atoms. The summed E-state index contributed by atoms with van der Waals surface area (Å²) in [5.41, 5.74) is 0. The van der Waals surface area contributed by atoms with Crippen molar-refractivity contribution in [2.45, 2.75) is 58.3 Å². The van der Waals surface area contributed by atoms with E-state index in [1.807, 2.05) is 6.08 Å². The van der Waals surface area contributed by atoms with Gasteiger partial charge in [-0.2, -0.15) is 0 Å². The Labute approximate surface area is 83.7 Å². The Morgan fingerprint density at radius 3 is 2.15 bits per heavy atom. The highest BCUT2D eigenvalue weighted by Crippen LogP contribution is 2.08. The summed E-state index contributed by atoms with van der Waals surface area (Å²) in [5.74, 6) is 0. The lowest BCUT2D eigenvalue weighted by atomic mass is 10.1. The Kier molecular flexibility index (Phi) is 11.0. The maximum atomic E-state index is 5.21. The molecule has 0 nitrogen and oxygen atoms in total. The smallest absolute Gasteiger partial charge is 0.0348 e. The van der Waals surface area contributed by atoms with Gasteiger partial charge in [0.15, 0.2) is 0 Å². The summed E-state index contributed by atoms with van der Waals surface area (Å²) in [4.78, 5) is 0. The fraction of sp³-hybridized carbons (Fsp3) is 0.692. The molecule has 0 unspecified atom stereocenters. The Hall–Kier alpha value is -0.520. The third-order valence-electron chi connectivity index (χ3n) is 2.22. The monoisotopic (exact) mass is 179 g/mol. The molecule has 13 heavy (non-hydrogen) atoms. The van der Waals surface area contributed by atoms with Crippen LogP contribution >= 0.6 is 0 Å². The minimum Gasteiger partial charge on any atom is -0.0845 e. The van der Waals surface area contributed by atoms with E-state index in [2.05, 4.69) is 13.0 Å². The van der Waals surface area contributed by atoms with E-state index in [-0.39, 0.29) is 0 Å². The second kappa shape index (κ2) is 11.5. The van der Waals surface area contributed by atoms with Gasteiger partial charge in [-0.05, 0) is 12.8 Å². The molecule has 0 rings (SSSR count). The molecule has 0 saturated heterocycles. The van der Waals surface area contributed by atoms with E-state index in [0.29, 0.717) is 0 Å². The summed E-state index contributed by atoms with van der Waals surface area (Å²) in [5, 5.41) is 0. The predicted molar refractivity (Wildman–Crippen MR) is 60.6 cm³/mol. The van der Waals surface area contributed by atoms with E-state index < -0.39 is 0 Å². The standard InChI is InChI=1S/C13H23/c1-3-5-7-9-11-13-12-10-8-6-4-2/h1,3,5,7H,4,6,8-13H2,2H3/b3-1?,7-5+. The minimum absolute atomic E-state index is 1.18. The zero-order chi connectivity index (χ0) is 9.78. The van der Waals surface area contributed by atoms with E-state index in [9.17, 15) is 0 Å². The van der Waals surface area contributed by atoms with Crippen molar-refractivity contribution in [1.82, 2.24) is 0 Å². The molecular weight excluding hydrogens is 156 g/mol. The van der Waals surface area contributed by atoms with Gasteiger partial charge in [-0.25, -0.2) is 0 Å². The number of allylic oxidation sites excluding steroid dienone is 3. The van der Waals surface area contributed by atoms with Crippen LogP contribution in [0.4, 0.5) is 0 Å². The zero-order valence-electron chi connectivity index (χ0n) is 8.97. The number of hydrogen-bond donors (Lipinski definition) is 0. The highest BCUT2D eigenvalue weighted by molar-refractivity contribution is 4.95. The first-order valence-corrected chi connectivity index (χ1v) is 5.62. The summed E-state index contributed by atoms with van der Waals surface area (Å²) in [7, 11) is 0. The van der Waals surface area contributed by atoms with Gasteiger partial charge >= 0.3 is 0 Å². The molecule has 0 aromatic rings. The van der Waals surface area contributed by atoms with Gasteiger partial charge in [0.2, 0.25) is 0 Å². The Morgan fingerprint density at radius 2 is 1.54 bits per heavy atom. The van der Waals surface area contributed by atoms with Gasteiger partial charge < -0.3 is 0 Å². The lowest BCUT2D eigenvalue weighted by molar-refractivity contribution is 0.592. The molecule has 75 valence electrons. The molecule has 0 heteroatoms. The summed E-state index contributed by atoms with van der Waals surface area (Å²) in [6.45, 7) is 7.47. The van der Waals surface area contributed by atoms with Crippen molar-refractivity contribution in [2.24, 2.45) is 0 Å². The lowest BCUT2D eigenvalue weighted by Gasteiger charge is -1.98. The molecule has 0 aliphatic rings. The van der Waals surface area contributed by atoms with E-state index in [0.717, 1.165) is 0 Å². The van der Waals surface area contributed by atoms with Gasteiger partial charge in [-0.1, -0.05) is 70.3 Å². The summed E-state index contributed by atoms with van der Waals surface area (Å²) >= 11 is 0. The van der Waals surface area contributed by atoms with Gasteiger partial charge in [0.1, 0.15) is 0 Å².